The first kappa shape index (κ1) is 19.1. The molecule has 30 heavy (non-hydrogen) atoms. The lowest BCUT2D eigenvalue weighted by Crippen LogP contribution is -2.51. The van der Waals surface area contributed by atoms with Crippen molar-refractivity contribution in [1.29, 1.82) is 0 Å². The van der Waals surface area contributed by atoms with E-state index in [1.54, 1.807) is 0 Å². The van der Waals surface area contributed by atoms with Crippen molar-refractivity contribution in [2.24, 2.45) is 5.92 Å². The molecule has 0 atom stereocenters. The Morgan fingerprint density at radius 1 is 1.03 bits per heavy atom. The van der Waals surface area contributed by atoms with Crippen LogP contribution in [0.3, 0.4) is 0 Å². The standard InChI is InChI=1S/C22H28N6O2/c1-22(2,3)21-25-24-19-6-7-20(26-28(19)21)27-13-16(14-27)12-23-11-15-4-5-17-18(10-15)30-9-8-29-17/h4-7,10,16,23H,8-9,11-14H2,1-3H3. The van der Waals surface area contributed by atoms with E-state index in [9.17, 15) is 0 Å². The van der Waals surface area contributed by atoms with Crippen LogP contribution >= 0.6 is 0 Å². The predicted octanol–water partition coefficient (Wildman–Crippen LogP) is 2.42. The summed E-state index contributed by atoms with van der Waals surface area (Å²) in [5.74, 6) is 4.17. The first-order valence-corrected chi connectivity index (χ1v) is 10.5. The number of anilines is 1. The van der Waals surface area contributed by atoms with Crippen LogP contribution in [-0.2, 0) is 12.0 Å². The minimum Gasteiger partial charge on any atom is -0.486 e. The molecule has 1 saturated heterocycles. The van der Waals surface area contributed by atoms with E-state index < -0.39 is 0 Å². The molecule has 3 aromatic rings. The van der Waals surface area contributed by atoms with Gasteiger partial charge in [0.15, 0.2) is 23.0 Å². The van der Waals surface area contributed by atoms with Gasteiger partial charge in [-0.15, -0.1) is 15.3 Å². The van der Waals surface area contributed by atoms with Gasteiger partial charge in [0, 0.05) is 37.5 Å². The maximum atomic E-state index is 5.66. The second-order valence-electron chi connectivity index (χ2n) is 9.12. The topological polar surface area (TPSA) is 76.8 Å². The second-order valence-corrected chi connectivity index (χ2v) is 9.12. The predicted molar refractivity (Wildman–Crippen MR) is 114 cm³/mol. The number of ether oxygens (including phenoxy) is 2. The van der Waals surface area contributed by atoms with Crippen molar-refractivity contribution in [2.75, 3.05) is 37.7 Å². The maximum Gasteiger partial charge on any atom is 0.178 e. The Kier molecular flexibility index (Phi) is 4.73. The molecule has 1 aromatic carbocycles. The van der Waals surface area contributed by atoms with Gasteiger partial charge in [-0.3, -0.25) is 0 Å². The molecule has 2 aromatic heterocycles. The molecule has 0 saturated carbocycles. The van der Waals surface area contributed by atoms with Gasteiger partial charge in [-0.25, -0.2) is 0 Å². The van der Waals surface area contributed by atoms with Gasteiger partial charge in [-0.2, -0.15) is 4.52 Å². The van der Waals surface area contributed by atoms with E-state index in [0.29, 0.717) is 19.1 Å². The van der Waals surface area contributed by atoms with Crippen LogP contribution < -0.4 is 19.7 Å². The first-order chi connectivity index (χ1) is 14.5. The second kappa shape index (κ2) is 7.43. The molecule has 2 aliphatic rings. The van der Waals surface area contributed by atoms with Gasteiger partial charge in [0.05, 0.1) is 0 Å². The number of benzene rings is 1. The molecule has 0 radical (unpaired) electrons. The molecule has 1 fully saturated rings. The highest BCUT2D eigenvalue weighted by Gasteiger charge is 2.29. The molecular weight excluding hydrogens is 380 g/mol. The van der Waals surface area contributed by atoms with Crippen LogP contribution in [0, 0.1) is 5.92 Å². The number of fused-ring (bicyclic) bond motifs is 2. The first-order valence-electron chi connectivity index (χ1n) is 10.5. The highest BCUT2D eigenvalue weighted by Crippen LogP contribution is 2.31. The molecule has 4 heterocycles. The maximum absolute atomic E-state index is 5.66. The normalized spacial score (nSPS) is 16.7. The molecule has 0 amide bonds. The van der Waals surface area contributed by atoms with Crippen molar-refractivity contribution in [3.63, 3.8) is 0 Å². The van der Waals surface area contributed by atoms with Crippen LogP contribution in [0.25, 0.3) is 5.65 Å². The fraction of sp³-hybridized carbons (Fsp3) is 0.500. The van der Waals surface area contributed by atoms with Crippen LogP contribution in [-0.4, -0.2) is 52.7 Å². The Hall–Kier alpha value is -2.87. The quantitative estimate of drug-likeness (QED) is 0.695. The van der Waals surface area contributed by atoms with Crippen molar-refractivity contribution in [3.05, 3.63) is 41.7 Å². The number of rotatable bonds is 5. The van der Waals surface area contributed by atoms with Gasteiger partial charge in [-0.05, 0) is 29.8 Å². The summed E-state index contributed by atoms with van der Waals surface area (Å²) in [5, 5.41) is 16.9. The summed E-state index contributed by atoms with van der Waals surface area (Å²) >= 11 is 0. The van der Waals surface area contributed by atoms with Crippen molar-refractivity contribution < 1.29 is 9.47 Å². The molecule has 0 spiro atoms. The van der Waals surface area contributed by atoms with Gasteiger partial charge >= 0.3 is 0 Å². The average Bonchev–Trinajstić information content (AvgIpc) is 3.13. The molecule has 8 heteroatoms. The third kappa shape index (κ3) is 3.67. The molecule has 1 N–H and O–H groups in total. The van der Waals surface area contributed by atoms with Crippen LogP contribution in [0.5, 0.6) is 11.5 Å². The minimum atomic E-state index is -0.0969. The van der Waals surface area contributed by atoms with E-state index in [2.05, 4.69) is 53.3 Å². The third-order valence-corrected chi connectivity index (χ3v) is 5.57. The van der Waals surface area contributed by atoms with Crippen molar-refractivity contribution >= 4 is 11.5 Å². The molecule has 158 valence electrons. The highest BCUT2D eigenvalue weighted by atomic mass is 16.6. The number of hydrogen-bond donors (Lipinski definition) is 1. The zero-order valence-electron chi connectivity index (χ0n) is 17.8. The third-order valence-electron chi connectivity index (χ3n) is 5.57. The number of hydrogen-bond acceptors (Lipinski definition) is 7. The number of nitrogens with one attached hydrogen (secondary N) is 1. The molecule has 0 bridgehead atoms. The monoisotopic (exact) mass is 408 g/mol. The van der Waals surface area contributed by atoms with E-state index in [1.165, 1.54) is 5.56 Å². The van der Waals surface area contributed by atoms with Crippen molar-refractivity contribution in [3.8, 4) is 11.5 Å². The Bertz CT molecular complexity index is 1050. The SMILES string of the molecule is CC(C)(C)c1nnc2ccc(N3CC(CNCc4ccc5c(c4)OCCO5)C3)nn12. The van der Waals surface area contributed by atoms with Gasteiger partial charge in [0.25, 0.3) is 0 Å². The largest absolute Gasteiger partial charge is 0.486 e. The lowest BCUT2D eigenvalue weighted by molar-refractivity contribution is 0.171. The van der Waals surface area contributed by atoms with Crippen LogP contribution in [0.4, 0.5) is 5.82 Å². The summed E-state index contributed by atoms with van der Waals surface area (Å²) in [7, 11) is 0. The fourth-order valence-corrected chi connectivity index (χ4v) is 3.92. The van der Waals surface area contributed by atoms with Gasteiger partial charge in [0.1, 0.15) is 19.0 Å². The van der Waals surface area contributed by atoms with E-state index >= 15 is 0 Å². The Labute approximate surface area is 176 Å². The van der Waals surface area contributed by atoms with Crippen molar-refractivity contribution in [2.45, 2.75) is 32.7 Å². The lowest BCUT2D eigenvalue weighted by Gasteiger charge is -2.40. The molecule has 5 rings (SSSR count). The zero-order valence-corrected chi connectivity index (χ0v) is 17.8. The summed E-state index contributed by atoms with van der Waals surface area (Å²) in [4.78, 5) is 2.31. The number of nitrogens with zero attached hydrogens (tertiary/aromatic N) is 5. The summed E-state index contributed by atoms with van der Waals surface area (Å²) in [6, 6.07) is 10.2. The summed E-state index contributed by atoms with van der Waals surface area (Å²) < 4.78 is 13.1. The van der Waals surface area contributed by atoms with Crippen LogP contribution in [0.15, 0.2) is 30.3 Å². The molecule has 0 aliphatic carbocycles. The van der Waals surface area contributed by atoms with Crippen LogP contribution in [0.2, 0.25) is 0 Å². The Morgan fingerprint density at radius 3 is 2.63 bits per heavy atom. The number of aromatic nitrogens is 4. The Morgan fingerprint density at radius 2 is 1.83 bits per heavy atom. The fourth-order valence-electron chi connectivity index (χ4n) is 3.92. The summed E-state index contributed by atoms with van der Waals surface area (Å²) in [6.07, 6.45) is 0. The molecular formula is C22H28N6O2. The Balaban J connectivity index is 1.15. The summed E-state index contributed by atoms with van der Waals surface area (Å²) in [6.45, 7) is 11.4. The molecule has 2 aliphatic heterocycles. The van der Waals surface area contributed by atoms with Gasteiger partial charge < -0.3 is 19.7 Å². The lowest BCUT2D eigenvalue weighted by atomic mass is 9.96. The zero-order chi connectivity index (χ0) is 20.7. The van der Waals surface area contributed by atoms with Gasteiger partial charge in [0.2, 0.25) is 0 Å². The van der Waals surface area contributed by atoms with Gasteiger partial charge in [-0.1, -0.05) is 26.8 Å². The van der Waals surface area contributed by atoms with Crippen LogP contribution in [0.1, 0.15) is 32.2 Å². The highest BCUT2D eigenvalue weighted by molar-refractivity contribution is 5.48. The minimum absolute atomic E-state index is 0.0969. The average molecular weight is 409 g/mol. The van der Waals surface area contributed by atoms with E-state index in [4.69, 9.17) is 14.6 Å². The molecule has 8 nitrogen and oxygen atoms in total. The van der Waals surface area contributed by atoms with Crippen molar-refractivity contribution in [1.82, 2.24) is 25.1 Å². The van der Waals surface area contributed by atoms with E-state index in [1.807, 2.05) is 22.7 Å². The van der Waals surface area contributed by atoms with E-state index in [0.717, 1.165) is 55.0 Å². The smallest absolute Gasteiger partial charge is 0.178 e. The summed E-state index contributed by atoms with van der Waals surface area (Å²) in [5.41, 5.74) is 1.91. The molecule has 0 unspecified atom stereocenters. The van der Waals surface area contributed by atoms with E-state index in [-0.39, 0.29) is 5.41 Å².